The lowest BCUT2D eigenvalue weighted by Crippen LogP contribution is -2.42. The van der Waals surface area contributed by atoms with Crippen LogP contribution in [0.1, 0.15) is 11.7 Å². The minimum Gasteiger partial charge on any atom is -0.374 e. The maximum absolute atomic E-state index is 5.68. The molecule has 1 aliphatic rings. The van der Waals surface area contributed by atoms with Crippen molar-refractivity contribution < 1.29 is 4.74 Å². The first kappa shape index (κ1) is 10.9. The maximum atomic E-state index is 5.68. The number of ether oxygens (including phenoxy) is 1. The molecule has 7 heteroatoms. The molecule has 6 nitrogen and oxygen atoms in total. The van der Waals surface area contributed by atoms with Crippen LogP contribution in [-0.2, 0) is 11.8 Å². The van der Waals surface area contributed by atoms with Crippen LogP contribution in [0.5, 0.6) is 0 Å². The topological polar surface area (TPSA) is 78.0 Å². The number of hydrogen-bond donors (Lipinski definition) is 2. The van der Waals surface area contributed by atoms with Crippen LogP contribution in [0.25, 0.3) is 0 Å². The van der Waals surface area contributed by atoms with Gasteiger partial charge in [-0.05, 0) is 0 Å². The van der Waals surface area contributed by atoms with Gasteiger partial charge in [-0.25, -0.2) is 5.43 Å². The fourth-order valence-electron chi connectivity index (χ4n) is 1.66. The molecule has 0 spiro atoms. The van der Waals surface area contributed by atoms with Crippen LogP contribution >= 0.6 is 11.8 Å². The van der Waals surface area contributed by atoms with Gasteiger partial charge in [-0.1, -0.05) is 5.21 Å². The molecule has 2 heterocycles. The molecule has 0 bridgehead atoms. The van der Waals surface area contributed by atoms with E-state index in [0.29, 0.717) is 0 Å². The van der Waals surface area contributed by atoms with E-state index in [2.05, 4.69) is 15.7 Å². The Morgan fingerprint density at radius 3 is 3.20 bits per heavy atom. The zero-order chi connectivity index (χ0) is 10.7. The predicted molar refractivity (Wildman–Crippen MR) is 58.1 cm³/mol. The first-order chi connectivity index (χ1) is 7.33. The Bertz CT molecular complexity index is 312. The van der Waals surface area contributed by atoms with Crippen molar-refractivity contribution >= 4 is 11.8 Å². The fourth-order valence-corrected chi connectivity index (χ4v) is 2.56. The minimum absolute atomic E-state index is 0.0437. The second kappa shape index (κ2) is 4.93. The average molecular weight is 229 g/mol. The van der Waals surface area contributed by atoms with Gasteiger partial charge in [-0.2, -0.15) is 11.8 Å². The molecule has 2 rings (SSSR count). The molecular formula is C8H15N5OS. The zero-order valence-corrected chi connectivity index (χ0v) is 9.41. The summed E-state index contributed by atoms with van der Waals surface area (Å²) in [5.41, 5.74) is 3.72. The second-order valence-electron chi connectivity index (χ2n) is 3.41. The second-order valence-corrected chi connectivity index (χ2v) is 4.56. The number of aryl methyl sites for hydroxylation is 1. The van der Waals surface area contributed by atoms with E-state index in [1.54, 1.807) is 10.9 Å². The number of nitrogens with zero attached hydrogens (tertiary/aromatic N) is 3. The van der Waals surface area contributed by atoms with E-state index in [4.69, 9.17) is 10.6 Å². The highest BCUT2D eigenvalue weighted by Gasteiger charge is 2.27. The molecule has 1 fully saturated rings. The molecule has 0 saturated carbocycles. The highest BCUT2D eigenvalue weighted by molar-refractivity contribution is 7.99. The van der Waals surface area contributed by atoms with Crippen molar-refractivity contribution in [2.75, 3.05) is 18.1 Å². The van der Waals surface area contributed by atoms with Gasteiger partial charge >= 0.3 is 0 Å². The Morgan fingerprint density at radius 2 is 2.67 bits per heavy atom. The van der Waals surface area contributed by atoms with Gasteiger partial charge in [0.1, 0.15) is 0 Å². The summed E-state index contributed by atoms with van der Waals surface area (Å²) in [6.07, 6.45) is 1.80. The van der Waals surface area contributed by atoms with E-state index in [9.17, 15) is 0 Å². The number of nitrogens with one attached hydrogen (secondary N) is 1. The van der Waals surface area contributed by atoms with E-state index in [1.807, 2.05) is 18.8 Å². The van der Waals surface area contributed by atoms with Gasteiger partial charge in [0.05, 0.1) is 30.6 Å². The van der Waals surface area contributed by atoms with Gasteiger partial charge in [0.2, 0.25) is 0 Å². The summed E-state index contributed by atoms with van der Waals surface area (Å²) in [6.45, 7) is 0.777. The Kier molecular flexibility index (Phi) is 3.57. The van der Waals surface area contributed by atoms with Gasteiger partial charge in [0, 0.05) is 18.6 Å². The Morgan fingerprint density at radius 1 is 1.80 bits per heavy atom. The third-order valence-electron chi connectivity index (χ3n) is 2.46. The number of aromatic nitrogens is 3. The lowest BCUT2D eigenvalue weighted by molar-refractivity contribution is 0.0447. The quantitative estimate of drug-likeness (QED) is 0.535. The lowest BCUT2D eigenvalue weighted by Gasteiger charge is -2.29. The normalized spacial score (nSPS) is 24.0. The Balaban J connectivity index is 2.12. The third-order valence-corrected chi connectivity index (χ3v) is 3.48. The molecule has 2 atom stereocenters. The summed E-state index contributed by atoms with van der Waals surface area (Å²) >= 11 is 1.88. The molecule has 1 saturated heterocycles. The van der Waals surface area contributed by atoms with Gasteiger partial charge in [-0.15, -0.1) is 5.10 Å². The van der Waals surface area contributed by atoms with Crippen LogP contribution in [0.15, 0.2) is 6.20 Å². The van der Waals surface area contributed by atoms with Crippen molar-refractivity contribution in [3.63, 3.8) is 0 Å². The zero-order valence-electron chi connectivity index (χ0n) is 8.59. The minimum atomic E-state index is -0.0437. The van der Waals surface area contributed by atoms with E-state index in [1.165, 1.54) is 0 Å². The SMILES string of the molecule is Cn1nncc1C(NN)C1CSCCO1. The van der Waals surface area contributed by atoms with Crippen LogP contribution in [0, 0.1) is 0 Å². The third kappa shape index (κ3) is 2.31. The molecule has 15 heavy (non-hydrogen) atoms. The number of hydrogen-bond acceptors (Lipinski definition) is 6. The summed E-state index contributed by atoms with van der Waals surface area (Å²) in [4.78, 5) is 0. The highest BCUT2D eigenvalue weighted by Crippen LogP contribution is 2.23. The summed E-state index contributed by atoms with van der Waals surface area (Å²) < 4.78 is 7.39. The van der Waals surface area contributed by atoms with Crippen molar-refractivity contribution in [1.29, 1.82) is 0 Å². The Labute approximate surface area is 92.5 Å². The highest BCUT2D eigenvalue weighted by atomic mass is 32.2. The summed E-state index contributed by atoms with van der Waals surface area (Å²) in [7, 11) is 1.85. The van der Waals surface area contributed by atoms with Gasteiger partial charge in [-0.3, -0.25) is 10.5 Å². The summed E-state index contributed by atoms with van der Waals surface area (Å²) in [6, 6.07) is -0.0437. The van der Waals surface area contributed by atoms with E-state index < -0.39 is 0 Å². The van der Waals surface area contributed by atoms with Crippen molar-refractivity contribution in [2.45, 2.75) is 12.1 Å². The van der Waals surface area contributed by atoms with Crippen molar-refractivity contribution in [2.24, 2.45) is 12.9 Å². The maximum Gasteiger partial charge on any atom is 0.0914 e. The largest absolute Gasteiger partial charge is 0.374 e. The smallest absolute Gasteiger partial charge is 0.0914 e. The molecular weight excluding hydrogens is 214 g/mol. The van der Waals surface area contributed by atoms with Crippen LogP contribution in [-0.4, -0.2) is 39.2 Å². The Hall–Kier alpha value is -0.630. The van der Waals surface area contributed by atoms with Crippen molar-refractivity contribution in [3.8, 4) is 0 Å². The van der Waals surface area contributed by atoms with Crippen LogP contribution in [0.2, 0.25) is 0 Å². The van der Waals surface area contributed by atoms with Crippen LogP contribution < -0.4 is 11.3 Å². The van der Waals surface area contributed by atoms with E-state index in [0.717, 1.165) is 23.8 Å². The molecule has 0 aliphatic carbocycles. The number of hydrazine groups is 1. The van der Waals surface area contributed by atoms with Crippen LogP contribution in [0.4, 0.5) is 0 Å². The van der Waals surface area contributed by atoms with Crippen molar-refractivity contribution in [3.05, 3.63) is 11.9 Å². The van der Waals surface area contributed by atoms with Gasteiger partial charge < -0.3 is 4.74 Å². The number of thioether (sulfide) groups is 1. The predicted octanol–water partition coefficient (Wildman–Crippen LogP) is -0.548. The molecule has 1 aliphatic heterocycles. The first-order valence-corrected chi connectivity index (χ1v) is 5.98. The molecule has 0 amide bonds. The number of nitrogens with two attached hydrogens (primary N) is 1. The summed E-state index contributed by atoms with van der Waals surface area (Å²) in [5, 5.41) is 7.73. The number of rotatable bonds is 3. The lowest BCUT2D eigenvalue weighted by atomic mass is 10.1. The molecule has 1 aromatic rings. The molecule has 0 aromatic carbocycles. The fraction of sp³-hybridized carbons (Fsp3) is 0.750. The molecule has 1 aromatic heterocycles. The van der Waals surface area contributed by atoms with E-state index in [-0.39, 0.29) is 12.1 Å². The van der Waals surface area contributed by atoms with E-state index >= 15 is 0 Å². The van der Waals surface area contributed by atoms with Gasteiger partial charge in [0.15, 0.2) is 0 Å². The molecule has 0 radical (unpaired) electrons. The molecule has 84 valence electrons. The summed E-state index contributed by atoms with van der Waals surface area (Å²) in [5.74, 6) is 7.55. The molecule has 2 unspecified atom stereocenters. The first-order valence-electron chi connectivity index (χ1n) is 4.83. The van der Waals surface area contributed by atoms with Crippen LogP contribution in [0.3, 0.4) is 0 Å². The monoisotopic (exact) mass is 229 g/mol. The van der Waals surface area contributed by atoms with Crippen molar-refractivity contribution in [1.82, 2.24) is 20.4 Å². The standard InChI is InChI=1S/C8H15N5OS/c1-13-6(4-10-12-13)8(11-9)7-5-15-3-2-14-7/h4,7-8,11H,2-3,5,9H2,1H3. The molecule has 3 N–H and O–H groups in total. The average Bonchev–Trinajstić information content (AvgIpc) is 2.68. The van der Waals surface area contributed by atoms with Gasteiger partial charge in [0.25, 0.3) is 0 Å².